The lowest BCUT2D eigenvalue weighted by atomic mass is 9.94. The Hall–Kier alpha value is -6.94. The van der Waals surface area contributed by atoms with Crippen molar-refractivity contribution in [1.29, 1.82) is 0 Å². The number of hydrogen-bond acceptors (Lipinski definition) is 2. The van der Waals surface area contributed by atoms with E-state index in [0.29, 0.717) is 5.82 Å². The molecule has 0 radical (unpaired) electrons. The van der Waals surface area contributed by atoms with Gasteiger partial charge in [0.1, 0.15) is 8.07 Å². The van der Waals surface area contributed by atoms with E-state index in [-0.39, 0.29) is 0 Å². The lowest BCUT2D eigenvalue weighted by molar-refractivity contribution is 1.18. The molecule has 0 N–H and O–H groups in total. The molecular formula is C54H40N2Si. The minimum Gasteiger partial charge on any atom is -0.228 e. The molecule has 3 heteroatoms. The molecule has 8 aromatic carbocycles. The molecule has 0 aliphatic carbocycles. The lowest BCUT2D eigenvalue weighted by Gasteiger charge is -2.22. The highest BCUT2D eigenvalue weighted by Crippen LogP contribution is 2.36. The maximum Gasteiger partial charge on any atom is 0.160 e. The van der Waals surface area contributed by atoms with Crippen LogP contribution in [0.25, 0.3) is 89.5 Å². The number of rotatable bonds is 7. The summed E-state index contributed by atoms with van der Waals surface area (Å²) in [6, 6.07) is 74.1. The van der Waals surface area contributed by atoms with Crippen molar-refractivity contribution in [2.45, 2.75) is 13.1 Å². The summed E-state index contributed by atoms with van der Waals surface area (Å²) in [4.78, 5) is 10.2. The van der Waals surface area contributed by atoms with Gasteiger partial charge in [-0.3, -0.25) is 0 Å². The van der Waals surface area contributed by atoms with Crippen LogP contribution < -0.4 is 10.4 Å². The molecular weight excluding hydrogens is 705 g/mol. The third-order valence-electron chi connectivity index (χ3n) is 11.5. The molecule has 0 atom stereocenters. The molecule has 0 fully saturated rings. The van der Waals surface area contributed by atoms with E-state index in [9.17, 15) is 0 Å². The van der Waals surface area contributed by atoms with Crippen LogP contribution in [0, 0.1) is 0 Å². The monoisotopic (exact) mass is 744 g/mol. The van der Waals surface area contributed by atoms with Gasteiger partial charge in [0, 0.05) is 16.7 Å². The number of nitrogens with zero attached hydrogens (tertiary/aromatic N) is 2. The van der Waals surface area contributed by atoms with Gasteiger partial charge in [-0.25, -0.2) is 9.97 Å². The summed E-state index contributed by atoms with van der Waals surface area (Å²) in [6.45, 7) is 4.99. The standard InChI is InChI=1S/C54H40N2Si/c1-57(2)52-28-10-9-25-48(52)49-27-14-26-47(53(49)57)45-23-12-22-44(34-45)43-21-11-19-41(33-43)38-29-31-39(32-30-38)50-36-51(56-54(55-50)40-17-7-4-8-18-40)46-24-13-20-42(35-46)37-15-5-3-6-16-37/h3-36H,1-2H3. The van der Waals surface area contributed by atoms with Gasteiger partial charge in [0.25, 0.3) is 0 Å². The Kier molecular flexibility index (Phi) is 8.66. The second-order valence-corrected chi connectivity index (χ2v) is 19.7. The van der Waals surface area contributed by atoms with Crippen molar-refractivity contribution < 1.29 is 0 Å². The summed E-state index contributed by atoms with van der Waals surface area (Å²) in [5, 5.41) is 3.08. The summed E-state index contributed by atoms with van der Waals surface area (Å²) in [6.07, 6.45) is 0. The minimum atomic E-state index is -1.85. The van der Waals surface area contributed by atoms with Crippen molar-refractivity contribution in [2.24, 2.45) is 0 Å². The first-order valence-corrected chi connectivity index (χ1v) is 22.6. The van der Waals surface area contributed by atoms with Gasteiger partial charge < -0.3 is 0 Å². The third kappa shape index (κ3) is 6.42. The molecule has 0 unspecified atom stereocenters. The fourth-order valence-electron chi connectivity index (χ4n) is 8.61. The Bertz CT molecular complexity index is 2910. The van der Waals surface area contributed by atoms with Gasteiger partial charge in [0.2, 0.25) is 0 Å². The normalized spacial score (nSPS) is 12.5. The van der Waals surface area contributed by atoms with Crippen LogP contribution >= 0.6 is 0 Å². The van der Waals surface area contributed by atoms with Crippen molar-refractivity contribution in [1.82, 2.24) is 9.97 Å². The molecule has 0 saturated carbocycles. The molecule has 0 spiro atoms. The smallest absolute Gasteiger partial charge is 0.160 e. The largest absolute Gasteiger partial charge is 0.228 e. The van der Waals surface area contributed by atoms with Gasteiger partial charge >= 0.3 is 0 Å². The first-order chi connectivity index (χ1) is 28.0. The molecule has 2 nitrogen and oxygen atoms in total. The van der Waals surface area contributed by atoms with Crippen molar-refractivity contribution in [2.75, 3.05) is 0 Å². The van der Waals surface area contributed by atoms with Crippen molar-refractivity contribution in [3.8, 4) is 89.5 Å². The van der Waals surface area contributed by atoms with Gasteiger partial charge in [-0.05, 0) is 90.3 Å². The average molecular weight is 745 g/mol. The number of benzene rings is 8. The van der Waals surface area contributed by atoms with Crippen LogP contribution in [-0.4, -0.2) is 18.0 Å². The Morgan fingerprint density at radius 2 is 0.719 bits per heavy atom. The zero-order chi connectivity index (χ0) is 38.3. The van der Waals surface area contributed by atoms with Crippen LogP contribution in [0.4, 0.5) is 0 Å². The predicted octanol–water partition coefficient (Wildman–Crippen LogP) is 12.9. The van der Waals surface area contributed by atoms with Gasteiger partial charge in [-0.2, -0.15) is 0 Å². The molecule has 0 amide bonds. The quantitative estimate of drug-likeness (QED) is 0.152. The fraction of sp³-hybridized carbons (Fsp3) is 0.0370. The van der Waals surface area contributed by atoms with E-state index >= 15 is 0 Å². The van der Waals surface area contributed by atoms with E-state index in [4.69, 9.17) is 9.97 Å². The number of aromatic nitrogens is 2. The number of hydrogen-bond donors (Lipinski definition) is 0. The van der Waals surface area contributed by atoms with Crippen molar-refractivity contribution >= 4 is 18.4 Å². The maximum atomic E-state index is 5.10. The first kappa shape index (κ1) is 34.5. The molecule has 1 aliphatic rings. The van der Waals surface area contributed by atoms with Gasteiger partial charge in [-0.1, -0.05) is 195 Å². The van der Waals surface area contributed by atoms with Gasteiger partial charge in [0.05, 0.1) is 11.4 Å². The van der Waals surface area contributed by atoms with E-state index in [1.54, 1.807) is 5.19 Å². The zero-order valence-electron chi connectivity index (χ0n) is 32.0. The van der Waals surface area contributed by atoms with Crippen LogP contribution in [0.1, 0.15) is 0 Å². The van der Waals surface area contributed by atoms with Crippen LogP contribution in [-0.2, 0) is 0 Å². The average Bonchev–Trinajstić information content (AvgIpc) is 3.53. The Balaban J connectivity index is 0.977. The SMILES string of the molecule is C[Si]1(C)c2ccccc2-c2cccc(-c3cccc(-c4cccc(-c5ccc(-c6cc(-c7cccc(-c8ccccc8)c7)nc(-c7ccccc7)n6)cc5)c4)c3)c21. The highest BCUT2D eigenvalue weighted by atomic mass is 28.3. The van der Waals surface area contributed by atoms with Crippen LogP contribution in [0.5, 0.6) is 0 Å². The molecule has 57 heavy (non-hydrogen) atoms. The Morgan fingerprint density at radius 3 is 1.40 bits per heavy atom. The lowest BCUT2D eigenvalue weighted by Crippen LogP contribution is -2.50. The summed E-state index contributed by atoms with van der Waals surface area (Å²) < 4.78 is 0. The molecule has 0 bridgehead atoms. The van der Waals surface area contributed by atoms with Gasteiger partial charge in [0.15, 0.2) is 5.82 Å². The van der Waals surface area contributed by atoms with E-state index in [0.717, 1.165) is 39.2 Å². The summed E-state index contributed by atoms with van der Waals surface area (Å²) in [7, 11) is -1.85. The van der Waals surface area contributed by atoms with E-state index in [1.165, 1.54) is 49.7 Å². The molecule has 1 aliphatic heterocycles. The van der Waals surface area contributed by atoms with E-state index in [2.05, 4.69) is 195 Å². The second-order valence-electron chi connectivity index (χ2n) is 15.4. The summed E-state index contributed by atoms with van der Waals surface area (Å²) >= 11 is 0. The van der Waals surface area contributed by atoms with Crippen molar-refractivity contribution in [3.63, 3.8) is 0 Å². The summed E-state index contributed by atoms with van der Waals surface area (Å²) in [5.41, 5.74) is 17.4. The predicted molar refractivity (Wildman–Crippen MR) is 242 cm³/mol. The highest BCUT2D eigenvalue weighted by molar-refractivity contribution is 7.04. The molecule has 0 saturated heterocycles. The first-order valence-electron chi connectivity index (χ1n) is 19.6. The zero-order valence-corrected chi connectivity index (χ0v) is 33.0. The van der Waals surface area contributed by atoms with E-state index in [1.807, 2.05) is 24.3 Å². The van der Waals surface area contributed by atoms with Crippen LogP contribution in [0.2, 0.25) is 13.1 Å². The Morgan fingerprint density at radius 1 is 0.298 bits per heavy atom. The summed E-state index contributed by atoms with van der Waals surface area (Å²) in [5.74, 6) is 0.711. The van der Waals surface area contributed by atoms with Crippen LogP contribution in [0.15, 0.2) is 206 Å². The van der Waals surface area contributed by atoms with E-state index < -0.39 is 8.07 Å². The molecule has 2 heterocycles. The van der Waals surface area contributed by atoms with Crippen LogP contribution in [0.3, 0.4) is 0 Å². The molecule has 1 aromatic heterocycles. The van der Waals surface area contributed by atoms with Gasteiger partial charge in [-0.15, -0.1) is 0 Å². The third-order valence-corrected chi connectivity index (χ3v) is 15.1. The fourth-order valence-corrected chi connectivity index (χ4v) is 12.1. The Labute approximate surface area is 335 Å². The molecule has 270 valence electrons. The van der Waals surface area contributed by atoms with Crippen molar-refractivity contribution in [3.05, 3.63) is 206 Å². The molecule has 10 rings (SSSR count). The minimum absolute atomic E-state index is 0.711. The molecule has 9 aromatic rings. The highest BCUT2D eigenvalue weighted by Gasteiger charge is 2.39. The topological polar surface area (TPSA) is 25.8 Å². The number of fused-ring (bicyclic) bond motifs is 3. The second kappa shape index (κ2) is 14.3. The maximum absolute atomic E-state index is 5.10.